The molecule has 130 valence electrons. The van der Waals surface area contributed by atoms with E-state index in [1.807, 2.05) is 12.1 Å². The average molecular weight is 336 g/mol. The highest BCUT2D eigenvalue weighted by Gasteiger charge is 2.44. The van der Waals surface area contributed by atoms with E-state index in [0.29, 0.717) is 12.2 Å². The maximum atomic E-state index is 9.95. The normalized spacial score (nSPS) is 30.2. The Bertz CT molecular complexity index is 631. The zero-order chi connectivity index (χ0) is 17.1. The van der Waals surface area contributed by atoms with Crippen molar-refractivity contribution in [3.8, 4) is 5.75 Å². The number of benzene rings is 1. The molecule has 2 aromatic rings. The fourth-order valence-electron chi connectivity index (χ4n) is 2.57. The van der Waals surface area contributed by atoms with Gasteiger partial charge in [0.05, 0.1) is 6.61 Å². The Hall–Kier alpha value is -1.97. The molecule has 0 spiro atoms. The molecule has 24 heavy (non-hydrogen) atoms. The van der Waals surface area contributed by atoms with E-state index in [0.717, 1.165) is 11.4 Å². The Morgan fingerprint density at radius 3 is 2.46 bits per heavy atom. The number of aliphatic hydroxyl groups excluding tert-OH is 4. The van der Waals surface area contributed by atoms with E-state index in [1.54, 1.807) is 24.5 Å². The van der Waals surface area contributed by atoms with Crippen LogP contribution in [0.1, 0.15) is 11.4 Å². The molecule has 1 fully saturated rings. The van der Waals surface area contributed by atoms with Crippen LogP contribution in [0.2, 0.25) is 0 Å². The van der Waals surface area contributed by atoms with E-state index in [1.165, 1.54) is 0 Å². The van der Waals surface area contributed by atoms with Gasteiger partial charge in [-0.05, 0) is 17.7 Å². The van der Waals surface area contributed by atoms with Crippen LogP contribution in [0.4, 0.5) is 0 Å². The first kappa shape index (κ1) is 16.9. The largest absolute Gasteiger partial charge is 0.462 e. The minimum atomic E-state index is -1.46. The lowest BCUT2D eigenvalue weighted by molar-refractivity contribution is -0.277. The van der Waals surface area contributed by atoms with Crippen molar-refractivity contribution >= 4 is 0 Å². The number of H-pyrrole nitrogens is 1. The molecule has 1 aromatic heterocycles. The van der Waals surface area contributed by atoms with Crippen molar-refractivity contribution in [2.45, 2.75) is 37.1 Å². The van der Waals surface area contributed by atoms with Gasteiger partial charge in [0.15, 0.2) is 0 Å². The molecule has 0 saturated carbocycles. The van der Waals surface area contributed by atoms with Crippen LogP contribution in [0.15, 0.2) is 36.7 Å². The molecule has 1 aliphatic heterocycles. The number of imidazole rings is 1. The van der Waals surface area contributed by atoms with Crippen LogP contribution in [0.5, 0.6) is 5.75 Å². The van der Waals surface area contributed by atoms with Crippen molar-refractivity contribution in [3.05, 3.63) is 48.0 Å². The van der Waals surface area contributed by atoms with Crippen LogP contribution >= 0.6 is 0 Å². The highest BCUT2D eigenvalue weighted by molar-refractivity contribution is 5.29. The molecule has 8 heteroatoms. The first-order valence-electron chi connectivity index (χ1n) is 7.63. The summed E-state index contributed by atoms with van der Waals surface area (Å²) >= 11 is 0. The van der Waals surface area contributed by atoms with E-state index < -0.39 is 37.3 Å². The second-order valence-electron chi connectivity index (χ2n) is 5.67. The number of nitrogens with one attached hydrogen (secondary N) is 1. The topological polar surface area (TPSA) is 128 Å². The summed E-state index contributed by atoms with van der Waals surface area (Å²) in [6, 6.07) is 7.11. The standard InChI is InChI=1S/C16H20N2O6/c19-8-11-13(20)14(21)15(22)16(24-11)23-10-3-1-9(2-4-10)7-12-17-5-6-18-12/h1-6,11,13-16,19-22H,7-8H2,(H,17,18)/t11-,13+,14+,15-,16-/m1/s1. The molecule has 0 bridgehead atoms. The van der Waals surface area contributed by atoms with Gasteiger partial charge in [0.25, 0.3) is 0 Å². The second-order valence-corrected chi connectivity index (χ2v) is 5.67. The number of rotatable bonds is 5. The highest BCUT2D eigenvalue weighted by Crippen LogP contribution is 2.24. The van der Waals surface area contributed by atoms with Crippen molar-refractivity contribution in [1.82, 2.24) is 9.97 Å². The fourth-order valence-corrected chi connectivity index (χ4v) is 2.57. The van der Waals surface area contributed by atoms with Crippen molar-refractivity contribution in [2.24, 2.45) is 0 Å². The van der Waals surface area contributed by atoms with Crippen molar-refractivity contribution in [3.63, 3.8) is 0 Å². The Kier molecular flexibility index (Phi) is 5.12. The van der Waals surface area contributed by atoms with Gasteiger partial charge in [-0.15, -0.1) is 0 Å². The third-order valence-electron chi connectivity index (χ3n) is 3.95. The van der Waals surface area contributed by atoms with Gasteiger partial charge in [0, 0.05) is 18.8 Å². The lowest BCUT2D eigenvalue weighted by Gasteiger charge is -2.39. The van der Waals surface area contributed by atoms with Gasteiger partial charge in [-0.3, -0.25) is 0 Å². The Labute approximate surface area is 138 Å². The predicted molar refractivity (Wildman–Crippen MR) is 82.2 cm³/mol. The summed E-state index contributed by atoms with van der Waals surface area (Å²) in [5.74, 6) is 1.28. The Morgan fingerprint density at radius 2 is 1.83 bits per heavy atom. The highest BCUT2D eigenvalue weighted by atomic mass is 16.7. The molecule has 0 amide bonds. The summed E-state index contributed by atoms with van der Waals surface area (Å²) in [5.41, 5.74) is 1.02. The number of aromatic nitrogens is 2. The second kappa shape index (κ2) is 7.29. The number of aromatic amines is 1. The summed E-state index contributed by atoms with van der Waals surface area (Å²) in [6.07, 6.45) is -2.38. The summed E-state index contributed by atoms with van der Waals surface area (Å²) in [7, 11) is 0. The summed E-state index contributed by atoms with van der Waals surface area (Å²) < 4.78 is 10.8. The zero-order valence-corrected chi connectivity index (χ0v) is 12.8. The van der Waals surface area contributed by atoms with E-state index in [4.69, 9.17) is 14.6 Å². The molecule has 8 nitrogen and oxygen atoms in total. The molecule has 1 aliphatic rings. The maximum absolute atomic E-state index is 9.95. The number of hydrogen-bond acceptors (Lipinski definition) is 7. The molecular formula is C16H20N2O6. The predicted octanol–water partition coefficient (Wildman–Crippen LogP) is -0.821. The minimum Gasteiger partial charge on any atom is -0.462 e. The molecule has 2 heterocycles. The van der Waals surface area contributed by atoms with Crippen LogP contribution in [-0.4, -0.2) is 67.7 Å². The van der Waals surface area contributed by atoms with Crippen molar-refractivity contribution in [2.75, 3.05) is 6.61 Å². The van der Waals surface area contributed by atoms with E-state index in [-0.39, 0.29) is 0 Å². The molecule has 0 aliphatic carbocycles. The van der Waals surface area contributed by atoms with Crippen LogP contribution in [0.25, 0.3) is 0 Å². The maximum Gasteiger partial charge on any atom is 0.229 e. The molecular weight excluding hydrogens is 316 g/mol. The smallest absolute Gasteiger partial charge is 0.229 e. The first-order chi connectivity index (χ1) is 11.6. The SMILES string of the molecule is OC[C@H]1O[C@@H](Oc2ccc(Cc3ncc[nH]3)cc2)[C@H](O)[C@@H](O)[C@H]1O. The van der Waals surface area contributed by atoms with Gasteiger partial charge < -0.3 is 34.9 Å². The van der Waals surface area contributed by atoms with Crippen molar-refractivity contribution in [1.29, 1.82) is 0 Å². The van der Waals surface area contributed by atoms with Crippen molar-refractivity contribution < 1.29 is 29.9 Å². The van der Waals surface area contributed by atoms with Crippen LogP contribution in [-0.2, 0) is 11.2 Å². The third kappa shape index (κ3) is 3.58. The van der Waals surface area contributed by atoms with Gasteiger partial charge in [-0.25, -0.2) is 4.98 Å². The monoisotopic (exact) mass is 336 g/mol. The summed E-state index contributed by atoms with van der Waals surface area (Å²) in [4.78, 5) is 7.18. The molecule has 0 radical (unpaired) electrons. The van der Waals surface area contributed by atoms with Gasteiger partial charge in [-0.2, -0.15) is 0 Å². The number of aliphatic hydroxyl groups is 4. The van der Waals surface area contributed by atoms with Crippen LogP contribution < -0.4 is 4.74 Å². The van der Waals surface area contributed by atoms with Crippen LogP contribution in [0, 0.1) is 0 Å². The number of hydrogen-bond donors (Lipinski definition) is 5. The van der Waals surface area contributed by atoms with Gasteiger partial charge in [0.1, 0.15) is 36.0 Å². The van der Waals surface area contributed by atoms with E-state index >= 15 is 0 Å². The number of ether oxygens (including phenoxy) is 2. The lowest BCUT2D eigenvalue weighted by Crippen LogP contribution is -2.60. The molecule has 5 N–H and O–H groups in total. The quantitative estimate of drug-likeness (QED) is 0.482. The molecule has 5 atom stereocenters. The summed E-state index contributed by atoms with van der Waals surface area (Å²) in [5, 5.41) is 38.6. The van der Waals surface area contributed by atoms with Gasteiger partial charge >= 0.3 is 0 Å². The van der Waals surface area contributed by atoms with Gasteiger partial charge in [0.2, 0.25) is 6.29 Å². The lowest BCUT2D eigenvalue weighted by atomic mass is 9.99. The average Bonchev–Trinajstić information content (AvgIpc) is 3.10. The van der Waals surface area contributed by atoms with Gasteiger partial charge in [-0.1, -0.05) is 12.1 Å². The molecule has 1 aromatic carbocycles. The van der Waals surface area contributed by atoms with E-state index in [9.17, 15) is 15.3 Å². The third-order valence-corrected chi connectivity index (χ3v) is 3.95. The molecule has 0 unspecified atom stereocenters. The molecule has 1 saturated heterocycles. The minimum absolute atomic E-state index is 0.433. The Morgan fingerprint density at radius 1 is 1.08 bits per heavy atom. The zero-order valence-electron chi connectivity index (χ0n) is 12.8. The molecule has 3 rings (SSSR count). The van der Waals surface area contributed by atoms with E-state index in [2.05, 4.69) is 9.97 Å². The Balaban J connectivity index is 1.64. The summed E-state index contributed by atoms with van der Waals surface area (Å²) in [6.45, 7) is -0.493. The number of nitrogens with zero attached hydrogens (tertiary/aromatic N) is 1. The first-order valence-corrected chi connectivity index (χ1v) is 7.63. The fraction of sp³-hybridized carbons (Fsp3) is 0.438. The van der Waals surface area contributed by atoms with Crippen LogP contribution in [0.3, 0.4) is 0 Å².